The molecule has 0 amide bonds. The number of fused-ring (bicyclic) bond motifs is 2. The number of hydrogen-bond donors (Lipinski definition) is 0. The third kappa shape index (κ3) is 3.79. The number of benzene rings is 2. The van der Waals surface area contributed by atoms with Crippen molar-refractivity contribution in [2.24, 2.45) is 0 Å². The Morgan fingerprint density at radius 2 is 0.733 bits per heavy atom. The van der Waals surface area contributed by atoms with Gasteiger partial charge in [0, 0.05) is 0 Å². The second-order valence-electron chi connectivity index (χ2n) is 5.52. The Labute approximate surface area is 229 Å². The summed E-state index contributed by atoms with van der Waals surface area (Å²) in [4.78, 5) is 12.5. The fraction of sp³-hybridized carbons (Fsp3) is 0.133. The van der Waals surface area contributed by atoms with E-state index in [9.17, 15) is 4.79 Å². The standard InChI is InChI=1S/C15Cl12O3/c16-3-1-11(9(22)7(20)5(3)18)29-13(28)30-12-2(15(26,27)14(1,24)25)4(17)6(19)8(21)10(12)23. The summed E-state index contributed by atoms with van der Waals surface area (Å²) in [5, 5.41) is -2.58. The van der Waals surface area contributed by atoms with Crippen molar-refractivity contribution in [1.29, 1.82) is 0 Å². The molecule has 162 valence electrons. The van der Waals surface area contributed by atoms with Gasteiger partial charge in [0.2, 0.25) is 0 Å². The third-order valence-electron chi connectivity index (χ3n) is 3.84. The highest BCUT2D eigenvalue weighted by Gasteiger charge is 2.57. The maximum atomic E-state index is 12.5. The van der Waals surface area contributed by atoms with Gasteiger partial charge in [-0.15, -0.1) is 0 Å². The molecule has 0 spiro atoms. The van der Waals surface area contributed by atoms with Crippen molar-refractivity contribution in [1.82, 2.24) is 0 Å². The smallest absolute Gasteiger partial charge is 0.393 e. The van der Waals surface area contributed by atoms with E-state index in [1.807, 2.05) is 0 Å². The van der Waals surface area contributed by atoms with Gasteiger partial charge in [-0.1, -0.05) is 139 Å². The quantitative estimate of drug-likeness (QED) is 0.0933. The Balaban J connectivity index is 2.54. The highest BCUT2D eigenvalue weighted by molar-refractivity contribution is 6.64. The zero-order valence-electron chi connectivity index (χ0n) is 13.3. The van der Waals surface area contributed by atoms with E-state index < -0.39 is 37.4 Å². The summed E-state index contributed by atoms with van der Waals surface area (Å²) < 4.78 is 5.36. The number of carbonyl (C=O) groups is 1. The Bertz CT molecular complexity index is 1030. The van der Waals surface area contributed by atoms with Crippen LogP contribution in [0.4, 0.5) is 4.79 Å². The van der Waals surface area contributed by atoms with E-state index in [0.29, 0.717) is 0 Å². The van der Waals surface area contributed by atoms with Crippen molar-refractivity contribution >= 4 is 145 Å². The van der Waals surface area contributed by atoms with Gasteiger partial charge in [-0.05, 0) is 0 Å². The Morgan fingerprint density at radius 3 is 1.03 bits per heavy atom. The lowest BCUT2D eigenvalue weighted by Crippen LogP contribution is -2.33. The van der Waals surface area contributed by atoms with Gasteiger partial charge in [-0.3, -0.25) is 0 Å². The van der Waals surface area contributed by atoms with E-state index in [4.69, 9.17) is 149 Å². The highest BCUT2D eigenvalue weighted by Crippen LogP contribution is 2.66. The van der Waals surface area contributed by atoms with E-state index in [2.05, 4.69) is 0 Å². The number of halogens is 12. The predicted octanol–water partition coefficient (Wildman–Crippen LogP) is 10.8. The van der Waals surface area contributed by atoms with E-state index >= 15 is 0 Å². The summed E-state index contributed by atoms with van der Waals surface area (Å²) in [5.41, 5.74) is -0.806. The van der Waals surface area contributed by atoms with Crippen LogP contribution in [-0.2, 0) is 8.67 Å². The molecular weight excluding hydrogens is 654 g/mol. The van der Waals surface area contributed by atoms with Gasteiger partial charge in [-0.25, -0.2) is 4.79 Å². The molecule has 0 fully saturated rings. The van der Waals surface area contributed by atoms with Crippen molar-refractivity contribution in [2.45, 2.75) is 8.67 Å². The van der Waals surface area contributed by atoms with Crippen molar-refractivity contribution in [3.63, 3.8) is 0 Å². The molecule has 3 nitrogen and oxygen atoms in total. The molecule has 0 N–H and O–H groups in total. The molecule has 1 heterocycles. The summed E-state index contributed by atoms with van der Waals surface area (Å²) in [7, 11) is 0. The number of ether oxygens (including phenoxy) is 2. The molecule has 0 atom stereocenters. The predicted molar refractivity (Wildman–Crippen MR) is 126 cm³/mol. The normalized spacial score (nSPS) is 17.1. The minimum Gasteiger partial charge on any atom is -0.393 e. The second-order valence-corrected chi connectivity index (χ2v) is 11.2. The number of hydrogen-bond acceptors (Lipinski definition) is 3. The lowest BCUT2D eigenvalue weighted by Gasteiger charge is -2.35. The van der Waals surface area contributed by atoms with Crippen molar-refractivity contribution in [3.05, 3.63) is 51.3 Å². The molecule has 1 aliphatic rings. The minimum absolute atomic E-state index is 0.271. The van der Waals surface area contributed by atoms with E-state index in [1.165, 1.54) is 0 Å². The zero-order valence-corrected chi connectivity index (χ0v) is 22.3. The van der Waals surface area contributed by atoms with E-state index in [-0.39, 0.29) is 40.2 Å². The molecule has 15 heteroatoms. The summed E-state index contributed by atoms with van der Waals surface area (Å²) in [6.07, 6.45) is -1.39. The minimum atomic E-state index is -2.45. The Kier molecular flexibility index (Phi) is 7.54. The van der Waals surface area contributed by atoms with Gasteiger partial charge in [0.15, 0.2) is 20.2 Å². The fourth-order valence-electron chi connectivity index (χ4n) is 2.48. The summed E-state index contributed by atoms with van der Waals surface area (Å²) in [6, 6.07) is 0. The Morgan fingerprint density at radius 1 is 0.467 bits per heavy atom. The van der Waals surface area contributed by atoms with Crippen LogP contribution in [-0.4, -0.2) is 6.16 Å². The van der Waals surface area contributed by atoms with Crippen LogP contribution in [0.25, 0.3) is 0 Å². The lowest BCUT2D eigenvalue weighted by atomic mass is 9.99. The molecule has 0 saturated carbocycles. The van der Waals surface area contributed by atoms with Crippen LogP contribution in [0.15, 0.2) is 0 Å². The van der Waals surface area contributed by atoms with Gasteiger partial charge < -0.3 is 9.47 Å². The molecule has 0 bridgehead atoms. The first-order valence-electron chi connectivity index (χ1n) is 7.04. The zero-order chi connectivity index (χ0) is 22.9. The van der Waals surface area contributed by atoms with Gasteiger partial charge in [0.05, 0.1) is 41.3 Å². The van der Waals surface area contributed by atoms with Gasteiger partial charge in [0.1, 0.15) is 10.0 Å². The number of carbonyl (C=O) groups excluding carboxylic acids is 1. The SMILES string of the molecule is O=C1Oc2c(Cl)c(Cl)c(Cl)c(Cl)c2C(Cl)(Cl)C(Cl)(Cl)c2c(Cl)c(Cl)c(Cl)c(Cl)c2O1. The maximum absolute atomic E-state index is 12.5. The van der Waals surface area contributed by atoms with Crippen LogP contribution >= 0.6 is 139 Å². The molecule has 0 unspecified atom stereocenters. The van der Waals surface area contributed by atoms with Crippen LogP contribution in [0.3, 0.4) is 0 Å². The van der Waals surface area contributed by atoms with Crippen molar-refractivity contribution < 1.29 is 14.3 Å². The summed E-state index contributed by atoms with van der Waals surface area (Å²) >= 11 is 75.5. The van der Waals surface area contributed by atoms with Gasteiger partial charge in [0.25, 0.3) is 0 Å². The highest BCUT2D eigenvalue weighted by atomic mass is 35.5. The summed E-state index contributed by atoms with van der Waals surface area (Å²) in [5.74, 6) is -1.04. The van der Waals surface area contributed by atoms with Crippen LogP contribution in [0.2, 0.25) is 40.2 Å². The molecule has 2 aromatic carbocycles. The van der Waals surface area contributed by atoms with E-state index in [1.54, 1.807) is 0 Å². The summed E-state index contributed by atoms with van der Waals surface area (Å²) in [6.45, 7) is 0. The van der Waals surface area contributed by atoms with Crippen LogP contribution in [0.1, 0.15) is 11.1 Å². The number of alkyl halides is 4. The largest absolute Gasteiger partial charge is 0.519 e. The molecule has 3 rings (SSSR count). The molecule has 0 aliphatic carbocycles. The van der Waals surface area contributed by atoms with Crippen LogP contribution in [0.5, 0.6) is 11.5 Å². The first-order valence-corrected chi connectivity index (χ1v) is 11.6. The molecule has 1 aliphatic heterocycles. The number of rotatable bonds is 0. The van der Waals surface area contributed by atoms with E-state index in [0.717, 1.165) is 0 Å². The van der Waals surface area contributed by atoms with Gasteiger partial charge >= 0.3 is 6.16 Å². The topological polar surface area (TPSA) is 35.5 Å². The third-order valence-corrected chi connectivity index (χ3v) is 9.69. The molecule has 0 aromatic heterocycles. The van der Waals surface area contributed by atoms with Crippen molar-refractivity contribution in [2.75, 3.05) is 0 Å². The fourth-order valence-corrected chi connectivity index (χ4v) is 5.80. The van der Waals surface area contributed by atoms with Crippen LogP contribution < -0.4 is 9.47 Å². The maximum Gasteiger partial charge on any atom is 0.519 e. The van der Waals surface area contributed by atoms with Gasteiger partial charge in [-0.2, -0.15) is 0 Å². The first kappa shape index (κ1) is 25.8. The van der Waals surface area contributed by atoms with Crippen LogP contribution in [0, 0.1) is 0 Å². The average molecular weight is 654 g/mol. The molecular formula is C15Cl12O3. The van der Waals surface area contributed by atoms with Crippen molar-refractivity contribution in [3.8, 4) is 11.5 Å². The first-order chi connectivity index (χ1) is 13.7. The monoisotopic (exact) mass is 648 g/mol. The Hall–Kier alpha value is 1.19. The molecule has 2 aromatic rings. The lowest BCUT2D eigenvalue weighted by molar-refractivity contribution is 0.151. The second kappa shape index (κ2) is 8.76. The molecule has 0 saturated heterocycles. The average Bonchev–Trinajstić information content (AvgIpc) is 2.68. The molecule has 30 heavy (non-hydrogen) atoms. The molecule has 0 radical (unpaired) electrons.